The first kappa shape index (κ1) is 43.2. The molecule has 0 aromatic carbocycles. The van der Waals surface area contributed by atoms with Crippen LogP contribution in [0.1, 0.15) is 121 Å². The Morgan fingerprint density at radius 3 is 2.10 bits per heavy atom. The number of hydrogen-bond donors (Lipinski definition) is 1. The Hall–Kier alpha value is -2.27. The van der Waals surface area contributed by atoms with E-state index in [1.807, 2.05) is 78.8 Å². The topological polar surface area (TPSA) is 70.8 Å². The van der Waals surface area contributed by atoms with Crippen molar-refractivity contribution in [2.45, 2.75) is 127 Å². The predicted octanol–water partition coefficient (Wildman–Crippen LogP) is 10.1. The number of carbonyl (C=O) groups excluding carboxylic acids is 1. The molecule has 0 aromatic rings. The average Bonchev–Trinajstić information content (AvgIpc) is 3.07. The van der Waals surface area contributed by atoms with E-state index in [-0.39, 0.29) is 11.6 Å². The van der Waals surface area contributed by atoms with Gasteiger partial charge in [-0.05, 0) is 114 Å². The Morgan fingerprint density at radius 1 is 1.10 bits per heavy atom. The van der Waals surface area contributed by atoms with Gasteiger partial charge in [0, 0.05) is 26.8 Å². The average molecular weight is 578 g/mol. The van der Waals surface area contributed by atoms with Crippen molar-refractivity contribution in [1.82, 2.24) is 0 Å². The SMILES string of the molecule is C=C/C=C(N)/C(/C=C\C(=C/C)OC[C@@H]1CCCC(C)(C[C@@H](C)CC)CC1)=C\C.CC.CC(=O)OC(C)(C)C.COC. The first-order valence-electron chi connectivity index (χ1n) is 15.5. The van der Waals surface area contributed by atoms with E-state index in [1.54, 1.807) is 20.3 Å². The van der Waals surface area contributed by atoms with Gasteiger partial charge >= 0.3 is 5.97 Å². The lowest BCUT2D eigenvalue weighted by Gasteiger charge is -2.31. The van der Waals surface area contributed by atoms with E-state index < -0.39 is 0 Å². The van der Waals surface area contributed by atoms with Gasteiger partial charge in [0.15, 0.2) is 0 Å². The van der Waals surface area contributed by atoms with Crippen LogP contribution in [0.2, 0.25) is 0 Å². The Balaban J connectivity index is -0.000000929. The highest BCUT2D eigenvalue weighted by atomic mass is 16.6. The number of methoxy groups -OCH3 is 1. The molecule has 1 aliphatic carbocycles. The first-order valence-corrected chi connectivity index (χ1v) is 15.5. The Morgan fingerprint density at radius 2 is 1.68 bits per heavy atom. The van der Waals surface area contributed by atoms with Gasteiger partial charge in [0.05, 0.1) is 6.61 Å². The molecule has 3 atom stereocenters. The lowest BCUT2D eigenvalue weighted by molar-refractivity contribution is -0.151. The summed E-state index contributed by atoms with van der Waals surface area (Å²) < 4.78 is 15.2. The van der Waals surface area contributed by atoms with E-state index in [9.17, 15) is 4.79 Å². The number of rotatable bonds is 10. The summed E-state index contributed by atoms with van der Waals surface area (Å²) in [4.78, 5) is 10.2. The van der Waals surface area contributed by atoms with Gasteiger partial charge in [0.25, 0.3) is 0 Å². The Labute approximate surface area is 255 Å². The molecule has 0 saturated heterocycles. The normalized spacial score (nSPS) is 20.6. The molecular weight excluding hydrogens is 510 g/mol. The molecule has 0 spiro atoms. The van der Waals surface area contributed by atoms with Gasteiger partial charge in [-0.1, -0.05) is 66.2 Å². The van der Waals surface area contributed by atoms with E-state index in [0.29, 0.717) is 17.0 Å². The molecule has 1 aliphatic rings. The molecule has 240 valence electrons. The van der Waals surface area contributed by atoms with Crippen LogP contribution in [0.3, 0.4) is 0 Å². The van der Waals surface area contributed by atoms with E-state index >= 15 is 0 Å². The molecule has 41 heavy (non-hydrogen) atoms. The third-order valence-electron chi connectivity index (χ3n) is 6.68. The summed E-state index contributed by atoms with van der Waals surface area (Å²) in [5.74, 6) is 2.19. The molecule has 5 nitrogen and oxygen atoms in total. The minimum atomic E-state index is -0.328. The smallest absolute Gasteiger partial charge is 0.303 e. The van der Waals surface area contributed by atoms with Crippen molar-refractivity contribution in [3.63, 3.8) is 0 Å². The van der Waals surface area contributed by atoms with Crippen LogP contribution in [0.25, 0.3) is 0 Å². The van der Waals surface area contributed by atoms with Crippen LogP contribution in [-0.4, -0.2) is 32.4 Å². The molecule has 1 fully saturated rings. The minimum Gasteiger partial charge on any atom is -0.494 e. The van der Waals surface area contributed by atoms with Crippen LogP contribution in [0.4, 0.5) is 0 Å². The number of carbonyl (C=O) groups is 1. The van der Waals surface area contributed by atoms with Crippen LogP contribution in [-0.2, 0) is 19.0 Å². The van der Waals surface area contributed by atoms with E-state index in [4.69, 9.17) is 15.2 Å². The van der Waals surface area contributed by atoms with Crippen LogP contribution in [0.15, 0.2) is 60.1 Å². The van der Waals surface area contributed by atoms with Gasteiger partial charge in [-0.15, -0.1) is 0 Å². The molecule has 1 unspecified atom stereocenters. The second kappa shape index (κ2) is 25.4. The summed E-state index contributed by atoms with van der Waals surface area (Å²) in [7, 11) is 3.25. The summed E-state index contributed by atoms with van der Waals surface area (Å²) in [5, 5.41) is 0. The molecular formula is C36H67NO4. The highest BCUT2D eigenvalue weighted by Gasteiger charge is 2.30. The second-order valence-corrected chi connectivity index (χ2v) is 11.9. The fourth-order valence-corrected chi connectivity index (χ4v) is 4.62. The number of nitrogens with two attached hydrogens (primary N) is 1. The molecule has 0 heterocycles. The fourth-order valence-electron chi connectivity index (χ4n) is 4.62. The van der Waals surface area contributed by atoms with Gasteiger partial charge in [0.1, 0.15) is 11.4 Å². The van der Waals surface area contributed by atoms with Crippen molar-refractivity contribution in [1.29, 1.82) is 0 Å². The van der Waals surface area contributed by atoms with Crippen molar-refractivity contribution in [3.8, 4) is 0 Å². The molecule has 5 heteroatoms. The number of allylic oxidation sites excluding steroid dienone is 6. The Kier molecular flexibility index (Phi) is 26.8. The van der Waals surface area contributed by atoms with E-state index in [0.717, 1.165) is 23.9 Å². The van der Waals surface area contributed by atoms with Gasteiger partial charge in [-0.2, -0.15) is 0 Å². The van der Waals surface area contributed by atoms with Crippen molar-refractivity contribution in [2.24, 2.45) is 23.0 Å². The maximum atomic E-state index is 10.2. The summed E-state index contributed by atoms with van der Waals surface area (Å²) in [6.07, 6.45) is 20.8. The lowest BCUT2D eigenvalue weighted by Crippen LogP contribution is -2.21. The Bertz CT molecular complexity index is 801. The number of esters is 1. The third-order valence-corrected chi connectivity index (χ3v) is 6.68. The second-order valence-electron chi connectivity index (χ2n) is 11.9. The molecule has 1 rings (SSSR count). The van der Waals surface area contributed by atoms with Gasteiger partial charge in [0.2, 0.25) is 0 Å². The minimum absolute atomic E-state index is 0.225. The van der Waals surface area contributed by atoms with Crippen molar-refractivity contribution in [3.05, 3.63) is 60.1 Å². The van der Waals surface area contributed by atoms with Gasteiger partial charge in [-0.25, -0.2) is 0 Å². The first-order chi connectivity index (χ1) is 19.2. The highest BCUT2D eigenvalue weighted by Crippen LogP contribution is 2.42. The summed E-state index contributed by atoms with van der Waals surface area (Å²) in [6, 6.07) is 0. The summed E-state index contributed by atoms with van der Waals surface area (Å²) >= 11 is 0. The van der Waals surface area contributed by atoms with Crippen molar-refractivity contribution < 1.29 is 19.0 Å². The lowest BCUT2D eigenvalue weighted by atomic mass is 9.75. The zero-order chi connectivity index (χ0) is 32.5. The molecule has 0 radical (unpaired) electrons. The van der Waals surface area contributed by atoms with Crippen molar-refractivity contribution in [2.75, 3.05) is 20.8 Å². The highest BCUT2D eigenvalue weighted by molar-refractivity contribution is 5.66. The maximum absolute atomic E-state index is 10.2. The summed E-state index contributed by atoms with van der Waals surface area (Å²) in [5.41, 5.74) is 7.95. The molecule has 0 aromatic heterocycles. The molecule has 2 N–H and O–H groups in total. The molecule has 0 aliphatic heterocycles. The monoisotopic (exact) mass is 578 g/mol. The van der Waals surface area contributed by atoms with Crippen LogP contribution in [0, 0.1) is 17.3 Å². The summed E-state index contributed by atoms with van der Waals surface area (Å²) in [6.45, 7) is 26.7. The largest absolute Gasteiger partial charge is 0.494 e. The fraction of sp³-hybridized carbons (Fsp3) is 0.694. The molecule has 0 amide bonds. The zero-order valence-corrected chi connectivity index (χ0v) is 29.2. The van der Waals surface area contributed by atoms with Crippen LogP contribution in [0.5, 0.6) is 0 Å². The number of ether oxygens (including phenoxy) is 3. The quantitative estimate of drug-likeness (QED) is 0.121. The predicted molar refractivity (Wildman–Crippen MR) is 180 cm³/mol. The standard InChI is InChI=1S/C26H43NO.C6H12O2.C2H6O.C2H6/c1-7-12-25(27)23(9-3)14-15-24(10-4)28-20-22-13-11-17-26(6,18-16-22)19-21(5)8-2;1-5(7)8-6(2,3)4;1-3-2;1-2/h7,9-10,12,14-15,21-22H,1,8,11,13,16-20,27H2,2-6H3;1-4H3;1-2H3;1-2H3/b15-14-,23-9-,24-10+,25-12-;;;/t21-,22+,26?;;;/m0.../s1. The van der Waals surface area contributed by atoms with Crippen molar-refractivity contribution >= 4 is 5.97 Å². The molecule has 0 bridgehead atoms. The maximum Gasteiger partial charge on any atom is 0.303 e. The van der Waals surface area contributed by atoms with E-state index in [1.165, 1.54) is 51.9 Å². The third kappa shape index (κ3) is 25.2. The molecule has 1 saturated carbocycles. The number of hydrogen-bond acceptors (Lipinski definition) is 5. The van der Waals surface area contributed by atoms with Crippen LogP contribution >= 0.6 is 0 Å². The van der Waals surface area contributed by atoms with Crippen LogP contribution < -0.4 is 5.73 Å². The van der Waals surface area contributed by atoms with E-state index in [2.05, 4.69) is 32.1 Å². The van der Waals surface area contributed by atoms with Gasteiger partial charge < -0.3 is 19.9 Å². The van der Waals surface area contributed by atoms with Gasteiger partial charge in [-0.3, -0.25) is 4.79 Å². The zero-order valence-electron chi connectivity index (χ0n) is 29.2.